The van der Waals surface area contributed by atoms with E-state index in [-0.39, 0.29) is 0 Å². The molecule has 0 heterocycles. The van der Waals surface area contributed by atoms with E-state index in [9.17, 15) is 0 Å². The van der Waals surface area contributed by atoms with Crippen LogP contribution >= 0.6 is 24.2 Å². The largest absolute Gasteiger partial charge is 0.142 e. The maximum Gasteiger partial charge on any atom is 0.0539 e. The summed E-state index contributed by atoms with van der Waals surface area (Å²) >= 11 is 10.0. The van der Waals surface area contributed by atoms with Crippen molar-refractivity contribution in [2.24, 2.45) is 0 Å². The molecular formula is C9H11ClS. The number of halogens is 1. The predicted octanol–water partition coefficient (Wildman–Crippen LogP) is 3.75. The Hall–Kier alpha value is -0.140. The normalized spacial score (nSPS) is 10.6. The van der Waals surface area contributed by atoms with E-state index in [2.05, 4.69) is 26.5 Å². The Morgan fingerprint density at radius 2 is 2.00 bits per heavy atom. The van der Waals surface area contributed by atoms with Gasteiger partial charge in [0.2, 0.25) is 0 Å². The van der Waals surface area contributed by atoms with Crippen LogP contribution in [-0.4, -0.2) is 0 Å². The molecule has 60 valence electrons. The van der Waals surface area contributed by atoms with Crippen molar-refractivity contribution in [3.63, 3.8) is 0 Å². The van der Waals surface area contributed by atoms with Crippen LogP contribution in [0.15, 0.2) is 23.1 Å². The van der Waals surface area contributed by atoms with Crippen LogP contribution in [0.5, 0.6) is 0 Å². The monoisotopic (exact) mass is 186 g/mol. The molecule has 1 aromatic carbocycles. The zero-order valence-corrected chi connectivity index (χ0v) is 8.28. The zero-order valence-electron chi connectivity index (χ0n) is 6.63. The molecule has 0 spiro atoms. The van der Waals surface area contributed by atoms with Gasteiger partial charge in [-0.05, 0) is 23.6 Å². The van der Waals surface area contributed by atoms with Gasteiger partial charge in [-0.25, -0.2) is 0 Å². The molecule has 11 heavy (non-hydrogen) atoms. The van der Waals surface area contributed by atoms with E-state index in [0.29, 0.717) is 5.92 Å². The lowest BCUT2D eigenvalue weighted by molar-refractivity contribution is 0.862. The van der Waals surface area contributed by atoms with Gasteiger partial charge in [-0.15, -0.1) is 12.6 Å². The maximum atomic E-state index is 5.81. The number of hydrogen-bond acceptors (Lipinski definition) is 1. The SMILES string of the molecule is CC(C)c1ccc(Cl)c(S)c1. The van der Waals surface area contributed by atoms with Gasteiger partial charge in [0.05, 0.1) is 5.02 Å². The molecule has 0 saturated heterocycles. The number of benzene rings is 1. The summed E-state index contributed by atoms with van der Waals surface area (Å²) in [6, 6.07) is 5.93. The standard InChI is InChI=1S/C9H11ClS/c1-6(2)7-3-4-8(10)9(11)5-7/h3-6,11H,1-2H3. The molecule has 0 aliphatic heterocycles. The highest BCUT2D eigenvalue weighted by Gasteiger charge is 2.00. The first-order chi connectivity index (χ1) is 5.11. The van der Waals surface area contributed by atoms with Crippen molar-refractivity contribution in [1.82, 2.24) is 0 Å². The molecule has 0 saturated carbocycles. The number of hydrogen-bond donors (Lipinski definition) is 1. The highest BCUT2D eigenvalue weighted by Crippen LogP contribution is 2.24. The Morgan fingerprint density at radius 1 is 1.36 bits per heavy atom. The molecule has 1 aromatic rings. The minimum Gasteiger partial charge on any atom is -0.142 e. The molecule has 0 aliphatic carbocycles. The van der Waals surface area contributed by atoms with Crippen molar-refractivity contribution in [3.05, 3.63) is 28.8 Å². The van der Waals surface area contributed by atoms with Crippen LogP contribution in [-0.2, 0) is 0 Å². The third kappa shape index (κ3) is 2.14. The summed E-state index contributed by atoms with van der Waals surface area (Å²) in [6.45, 7) is 4.30. The lowest BCUT2D eigenvalue weighted by atomic mass is 10.0. The Kier molecular flexibility index (Phi) is 2.85. The fourth-order valence-electron chi connectivity index (χ4n) is 0.889. The van der Waals surface area contributed by atoms with Gasteiger partial charge in [-0.3, -0.25) is 0 Å². The van der Waals surface area contributed by atoms with Crippen LogP contribution < -0.4 is 0 Å². The van der Waals surface area contributed by atoms with E-state index >= 15 is 0 Å². The summed E-state index contributed by atoms with van der Waals surface area (Å²) in [5, 5.41) is 0.720. The van der Waals surface area contributed by atoms with Crippen LogP contribution in [0.3, 0.4) is 0 Å². The second-order valence-corrected chi connectivity index (χ2v) is 3.75. The van der Waals surface area contributed by atoms with Gasteiger partial charge in [0.15, 0.2) is 0 Å². The van der Waals surface area contributed by atoms with Gasteiger partial charge in [0, 0.05) is 4.90 Å². The van der Waals surface area contributed by atoms with Gasteiger partial charge >= 0.3 is 0 Å². The van der Waals surface area contributed by atoms with Crippen molar-refractivity contribution >= 4 is 24.2 Å². The third-order valence-corrected chi connectivity index (χ3v) is 2.47. The summed E-state index contributed by atoms with van der Waals surface area (Å²) in [6.07, 6.45) is 0. The molecule has 0 aliphatic rings. The van der Waals surface area contributed by atoms with Crippen LogP contribution in [0.1, 0.15) is 25.3 Å². The van der Waals surface area contributed by atoms with Gasteiger partial charge in [0.1, 0.15) is 0 Å². The van der Waals surface area contributed by atoms with E-state index in [0.717, 1.165) is 9.92 Å². The molecule has 0 N–H and O–H groups in total. The maximum absolute atomic E-state index is 5.81. The van der Waals surface area contributed by atoms with Gasteiger partial charge in [-0.2, -0.15) is 0 Å². The molecule has 0 radical (unpaired) electrons. The Labute approximate surface area is 78.0 Å². The smallest absolute Gasteiger partial charge is 0.0539 e. The van der Waals surface area contributed by atoms with E-state index in [1.807, 2.05) is 18.2 Å². The number of thiol groups is 1. The minimum absolute atomic E-state index is 0.540. The summed E-state index contributed by atoms with van der Waals surface area (Å²) in [5.41, 5.74) is 1.28. The fraction of sp³-hybridized carbons (Fsp3) is 0.333. The zero-order chi connectivity index (χ0) is 8.43. The van der Waals surface area contributed by atoms with Gasteiger partial charge in [-0.1, -0.05) is 31.5 Å². The van der Waals surface area contributed by atoms with Crippen molar-refractivity contribution in [1.29, 1.82) is 0 Å². The summed E-state index contributed by atoms with van der Waals surface area (Å²) in [4.78, 5) is 0.859. The topological polar surface area (TPSA) is 0 Å². The minimum atomic E-state index is 0.540. The predicted molar refractivity (Wildman–Crippen MR) is 52.8 cm³/mol. The number of rotatable bonds is 1. The molecular weight excluding hydrogens is 176 g/mol. The fourth-order valence-corrected chi connectivity index (χ4v) is 1.23. The molecule has 0 unspecified atom stereocenters. The average molecular weight is 187 g/mol. The van der Waals surface area contributed by atoms with Crippen LogP contribution in [0.25, 0.3) is 0 Å². The van der Waals surface area contributed by atoms with Crippen molar-refractivity contribution in [2.75, 3.05) is 0 Å². The lowest BCUT2D eigenvalue weighted by Crippen LogP contribution is -1.86. The molecule has 1 rings (SSSR count). The lowest BCUT2D eigenvalue weighted by Gasteiger charge is -2.05. The second-order valence-electron chi connectivity index (χ2n) is 2.87. The van der Waals surface area contributed by atoms with E-state index in [1.54, 1.807) is 0 Å². The molecule has 0 fully saturated rings. The van der Waals surface area contributed by atoms with Gasteiger partial charge in [0.25, 0.3) is 0 Å². The van der Waals surface area contributed by atoms with Crippen molar-refractivity contribution in [3.8, 4) is 0 Å². The van der Waals surface area contributed by atoms with Gasteiger partial charge < -0.3 is 0 Å². The van der Waals surface area contributed by atoms with Crippen LogP contribution in [0.4, 0.5) is 0 Å². The summed E-state index contributed by atoms with van der Waals surface area (Å²) in [5.74, 6) is 0.540. The molecule has 2 heteroatoms. The first-order valence-electron chi connectivity index (χ1n) is 3.59. The highest BCUT2D eigenvalue weighted by atomic mass is 35.5. The second kappa shape index (κ2) is 3.51. The van der Waals surface area contributed by atoms with Crippen LogP contribution in [0, 0.1) is 0 Å². The summed E-state index contributed by atoms with van der Waals surface area (Å²) < 4.78 is 0. The first-order valence-corrected chi connectivity index (χ1v) is 4.42. The Morgan fingerprint density at radius 3 is 2.45 bits per heavy atom. The quantitative estimate of drug-likeness (QED) is 0.635. The molecule has 0 bridgehead atoms. The molecule has 0 atom stereocenters. The van der Waals surface area contributed by atoms with E-state index < -0.39 is 0 Å². The Bertz CT molecular complexity index is 256. The van der Waals surface area contributed by atoms with E-state index in [1.165, 1.54) is 5.56 Å². The van der Waals surface area contributed by atoms with Crippen molar-refractivity contribution in [2.45, 2.75) is 24.7 Å². The van der Waals surface area contributed by atoms with E-state index in [4.69, 9.17) is 11.6 Å². The van der Waals surface area contributed by atoms with Crippen LogP contribution in [0.2, 0.25) is 5.02 Å². The average Bonchev–Trinajstić information content (AvgIpc) is 1.94. The highest BCUT2D eigenvalue weighted by molar-refractivity contribution is 7.80. The Balaban J connectivity index is 3.05. The summed E-state index contributed by atoms with van der Waals surface area (Å²) in [7, 11) is 0. The van der Waals surface area contributed by atoms with Crippen molar-refractivity contribution < 1.29 is 0 Å². The molecule has 0 aromatic heterocycles. The molecule has 0 nitrogen and oxygen atoms in total. The molecule has 0 amide bonds. The third-order valence-electron chi connectivity index (χ3n) is 1.64. The first kappa shape index (κ1) is 8.95.